The van der Waals surface area contributed by atoms with Crippen molar-refractivity contribution in [3.8, 4) is 0 Å². The number of hydrogen-bond donors (Lipinski definition) is 1. The molecule has 4 heteroatoms. The Hall–Kier alpha value is -2.23. The first-order chi connectivity index (χ1) is 9.36. The number of aryl methyl sites for hydroxylation is 1. The highest BCUT2D eigenvalue weighted by Crippen LogP contribution is 2.18. The second-order valence-electron chi connectivity index (χ2n) is 5.86. The standard InChI is InChI=1S/C16H19N3O/c1-11-5-7-12(8-6-11)19-15(20)13-9-18-14(10-17-13)16(2,3)4/h5-10H,1-4H3,(H,19,20). The van der Waals surface area contributed by atoms with Crippen LogP contribution >= 0.6 is 0 Å². The molecule has 20 heavy (non-hydrogen) atoms. The Kier molecular flexibility index (Phi) is 3.84. The minimum absolute atomic E-state index is 0.0705. The van der Waals surface area contributed by atoms with Crippen LogP contribution in [0.15, 0.2) is 36.7 Å². The molecule has 0 unspecified atom stereocenters. The molecule has 0 aliphatic heterocycles. The smallest absolute Gasteiger partial charge is 0.275 e. The molecule has 4 nitrogen and oxygen atoms in total. The van der Waals surface area contributed by atoms with E-state index in [1.165, 1.54) is 6.20 Å². The molecule has 1 aromatic carbocycles. The highest BCUT2D eigenvalue weighted by Gasteiger charge is 2.17. The number of carbonyl (C=O) groups excluding carboxylic acids is 1. The van der Waals surface area contributed by atoms with Crippen molar-refractivity contribution < 1.29 is 4.79 Å². The number of nitrogens with zero attached hydrogens (tertiary/aromatic N) is 2. The lowest BCUT2D eigenvalue weighted by Crippen LogP contribution is -2.18. The summed E-state index contributed by atoms with van der Waals surface area (Å²) in [5.74, 6) is -0.248. The van der Waals surface area contributed by atoms with Crippen LogP contribution in [-0.2, 0) is 5.41 Å². The Balaban J connectivity index is 2.11. The third kappa shape index (κ3) is 3.41. The summed E-state index contributed by atoms with van der Waals surface area (Å²) in [6.07, 6.45) is 3.17. The van der Waals surface area contributed by atoms with Crippen molar-refractivity contribution in [1.82, 2.24) is 9.97 Å². The lowest BCUT2D eigenvalue weighted by molar-refractivity contribution is 0.102. The van der Waals surface area contributed by atoms with E-state index in [1.807, 2.05) is 31.2 Å². The first kappa shape index (κ1) is 14.2. The van der Waals surface area contributed by atoms with Gasteiger partial charge < -0.3 is 5.32 Å². The van der Waals surface area contributed by atoms with Crippen molar-refractivity contribution in [3.05, 3.63) is 53.6 Å². The van der Waals surface area contributed by atoms with Gasteiger partial charge in [-0.25, -0.2) is 4.98 Å². The number of anilines is 1. The normalized spacial score (nSPS) is 11.2. The number of amides is 1. The Bertz CT molecular complexity index is 595. The summed E-state index contributed by atoms with van der Waals surface area (Å²) < 4.78 is 0. The summed E-state index contributed by atoms with van der Waals surface area (Å²) in [6.45, 7) is 8.18. The Morgan fingerprint density at radius 1 is 1.05 bits per heavy atom. The molecule has 0 bridgehead atoms. The average Bonchev–Trinajstić information content (AvgIpc) is 2.40. The van der Waals surface area contributed by atoms with Crippen molar-refractivity contribution in [2.24, 2.45) is 0 Å². The quantitative estimate of drug-likeness (QED) is 0.909. The van der Waals surface area contributed by atoms with Crippen LogP contribution in [0.3, 0.4) is 0 Å². The Morgan fingerprint density at radius 3 is 2.20 bits per heavy atom. The van der Waals surface area contributed by atoms with Crippen molar-refractivity contribution in [3.63, 3.8) is 0 Å². The first-order valence-corrected chi connectivity index (χ1v) is 6.57. The largest absolute Gasteiger partial charge is 0.321 e. The predicted octanol–water partition coefficient (Wildman–Crippen LogP) is 3.33. The zero-order valence-electron chi connectivity index (χ0n) is 12.3. The van der Waals surface area contributed by atoms with Crippen molar-refractivity contribution in [1.29, 1.82) is 0 Å². The molecular weight excluding hydrogens is 250 g/mol. The number of benzene rings is 1. The van der Waals surface area contributed by atoms with Crippen LogP contribution in [0.4, 0.5) is 5.69 Å². The predicted molar refractivity (Wildman–Crippen MR) is 79.9 cm³/mol. The van der Waals surface area contributed by atoms with Crippen LogP contribution in [0.2, 0.25) is 0 Å². The van der Waals surface area contributed by atoms with Gasteiger partial charge in [-0.15, -0.1) is 0 Å². The van der Waals surface area contributed by atoms with E-state index >= 15 is 0 Å². The summed E-state index contributed by atoms with van der Waals surface area (Å²) in [5.41, 5.74) is 3.02. The third-order valence-electron chi connectivity index (χ3n) is 2.96. The minimum Gasteiger partial charge on any atom is -0.321 e. The van der Waals surface area contributed by atoms with E-state index in [0.29, 0.717) is 5.69 Å². The SMILES string of the molecule is Cc1ccc(NC(=O)c2cnc(C(C)(C)C)cn2)cc1. The average molecular weight is 269 g/mol. The van der Waals surface area contributed by atoms with E-state index in [4.69, 9.17) is 0 Å². The second-order valence-corrected chi connectivity index (χ2v) is 5.86. The van der Waals surface area contributed by atoms with Crippen LogP contribution in [-0.4, -0.2) is 15.9 Å². The molecule has 1 aromatic heterocycles. The second kappa shape index (κ2) is 5.41. The zero-order valence-corrected chi connectivity index (χ0v) is 12.3. The molecule has 0 saturated heterocycles. The van der Waals surface area contributed by atoms with Gasteiger partial charge in [0.2, 0.25) is 0 Å². The molecule has 2 aromatic rings. The molecule has 0 atom stereocenters. The van der Waals surface area contributed by atoms with E-state index in [1.54, 1.807) is 6.20 Å². The minimum atomic E-state index is -0.248. The summed E-state index contributed by atoms with van der Waals surface area (Å²) in [7, 11) is 0. The number of nitrogens with one attached hydrogen (secondary N) is 1. The van der Waals surface area contributed by atoms with Gasteiger partial charge in [0.05, 0.1) is 11.9 Å². The molecule has 104 valence electrons. The monoisotopic (exact) mass is 269 g/mol. The van der Waals surface area contributed by atoms with Gasteiger partial charge in [0.15, 0.2) is 0 Å². The zero-order chi connectivity index (χ0) is 14.8. The van der Waals surface area contributed by atoms with E-state index in [-0.39, 0.29) is 11.3 Å². The van der Waals surface area contributed by atoms with Crippen LogP contribution < -0.4 is 5.32 Å². The lowest BCUT2D eigenvalue weighted by atomic mass is 9.93. The van der Waals surface area contributed by atoms with Crippen LogP contribution in [0.5, 0.6) is 0 Å². The van der Waals surface area contributed by atoms with Crippen LogP contribution in [0, 0.1) is 6.92 Å². The topological polar surface area (TPSA) is 54.9 Å². The highest BCUT2D eigenvalue weighted by atomic mass is 16.1. The third-order valence-corrected chi connectivity index (χ3v) is 2.96. The summed E-state index contributed by atoms with van der Waals surface area (Å²) >= 11 is 0. The highest BCUT2D eigenvalue weighted by molar-refractivity contribution is 6.02. The van der Waals surface area contributed by atoms with Gasteiger partial charge >= 0.3 is 0 Å². The van der Waals surface area contributed by atoms with Gasteiger partial charge in [-0.2, -0.15) is 0 Å². The maximum atomic E-state index is 12.0. The molecule has 1 N–H and O–H groups in total. The number of carbonyl (C=O) groups is 1. The molecule has 1 amide bonds. The molecule has 2 rings (SSSR count). The maximum absolute atomic E-state index is 12.0. The number of aromatic nitrogens is 2. The summed E-state index contributed by atoms with van der Waals surface area (Å²) in [5, 5.41) is 2.80. The summed E-state index contributed by atoms with van der Waals surface area (Å²) in [4.78, 5) is 20.5. The van der Waals surface area contributed by atoms with Gasteiger partial charge in [0, 0.05) is 17.3 Å². The fraction of sp³-hybridized carbons (Fsp3) is 0.312. The van der Waals surface area contributed by atoms with Crippen molar-refractivity contribution >= 4 is 11.6 Å². The molecule has 0 fully saturated rings. The summed E-state index contributed by atoms with van der Waals surface area (Å²) in [6, 6.07) is 7.63. The Morgan fingerprint density at radius 2 is 1.70 bits per heavy atom. The fourth-order valence-corrected chi connectivity index (χ4v) is 1.66. The van der Waals surface area contributed by atoms with E-state index < -0.39 is 0 Å². The van der Waals surface area contributed by atoms with Crippen LogP contribution in [0.1, 0.15) is 42.5 Å². The van der Waals surface area contributed by atoms with E-state index in [2.05, 4.69) is 36.1 Å². The molecule has 0 aliphatic carbocycles. The van der Waals surface area contributed by atoms with E-state index in [9.17, 15) is 4.79 Å². The van der Waals surface area contributed by atoms with Gasteiger partial charge in [-0.05, 0) is 19.1 Å². The number of rotatable bonds is 2. The van der Waals surface area contributed by atoms with Crippen LogP contribution in [0.25, 0.3) is 0 Å². The lowest BCUT2D eigenvalue weighted by Gasteiger charge is -2.16. The first-order valence-electron chi connectivity index (χ1n) is 6.57. The van der Waals surface area contributed by atoms with Gasteiger partial charge in [-0.1, -0.05) is 38.5 Å². The van der Waals surface area contributed by atoms with Crippen molar-refractivity contribution in [2.75, 3.05) is 5.32 Å². The van der Waals surface area contributed by atoms with Gasteiger partial charge in [0.25, 0.3) is 5.91 Å². The van der Waals surface area contributed by atoms with Gasteiger partial charge in [0.1, 0.15) is 5.69 Å². The molecule has 0 saturated carbocycles. The Labute approximate surface area is 119 Å². The van der Waals surface area contributed by atoms with Crippen molar-refractivity contribution in [2.45, 2.75) is 33.1 Å². The van der Waals surface area contributed by atoms with Gasteiger partial charge in [-0.3, -0.25) is 9.78 Å². The molecule has 1 heterocycles. The molecule has 0 radical (unpaired) electrons. The van der Waals surface area contributed by atoms with E-state index in [0.717, 1.165) is 16.9 Å². The maximum Gasteiger partial charge on any atom is 0.275 e. The molecular formula is C16H19N3O. The number of hydrogen-bond acceptors (Lipinski definition) is 3. The molecule has 0 spiro atoms. The fourth-order valence-electron chi connectivity index (χ4n) is 1.66. The molecule has 0 aliphatic rings.